The summed E-state index contributed by atoms with van der Waals surface area (Å²) in [5.74, 6) is 1.24. The molecule has 0 bridgehead atoms. The van der Waals surface area contributed by atoms with Gasteiger partial charge in [0, 0.05) is 45.7 Å². The molecule has 2 saturated heterocycles. The fourth-order valence-electron chi connectivity index (χ4n) is 4.55. The Labute approximate surface area is 192 Å². The van der Waals surface area contributed by atoms with E-state index in [1.165, 1.54) is 5.69 Å². The zero-order valence-electron chi connectivity index (χ0n) is 19.5. The van der Waals surface area contributed by atoms with Crippen LogP contribution in [0.15, 0.2) is 42.5 Å². The molecule has 0 atom stereocenters. The number of likely N-dealkylation sites (tertiary alicyclic amines) is 1. The molecule has 32 heavy (non-hydrogen) atoms. The normalized spacial score (nSPS) is 18.2. The number of para-hydroxylation sites is 2. The van der Waals surface area contributed by atoms with Crippen LogP contribution in [0.5, 0.6) is 5.75 Å². The lowest BCUT2D eigenvalue weighted by atomic mass is 10.2. The zero-order valence-corrected chi connectivity index (χ0v) is 19.5. The summed E-state index contributed by atoms with van der Waals surface area (Å²) in [6.07, 6.45) is 4.11. The molecule has 6 heteroatoms. The van der Waals surface area contributed by atoms with Crippen molar-refractivity contribution in [2.45, 2.75) is 58.7 Å². The molecule has 0 radical (unpaired) electrons. The van der Waals surface area contributed by atoms with Crippen LogP contribution in [0.25, 0.3) is 0 Å². The predicted octanol–water partition coefficient (Wildman–Crippen LogP) is 4.09. The first-order valence-corrected chi connectivity index (χ1v) is 12.0. The number of pyridine rings is 1. The summed E-state index contributed by atoms with van der Waals surface area (Å²) in [5, 5.41) is 0. The number of ether oxygens (including phenoxy) is 1. The van der Waals surface area contributed by atoms with Crippen LogP contribution < -0.4 is 9.64 Å². The molecule has 6 nitrogen and oxygen atoms in total. The molecule has 3 heterocycles. The standard InChI is InChI=1S/C26H36N4O2/c1-21(2)32-25-12-6-5-11-24(25)29-17-15-28(16-18-29)19-22-9-8-10-23(27-22)20-30-14-7-3-4-13-26(30)31/h5-6,8-12,21H,3-4,7,13-20H2,1-2H3. The fraction of sp³-hybridized carbons (Fsp3) is 0.538. The van der Waals surface area contributed by atoms with Gasteiger partial charge in [0.2, 0.25) is 5.91 Å². The Hall–Kier alpha value is -2.60. The summed E-state index contributed by atoms with van der Waals surface area (Å²) in [4.78, 5) is 24.1. The van der Waals surface area contributed by atoms with Crippen molar-refractivity contribution in [2.24, 2.45) is 0 Å². The van der Waals surface area contributed by atoms with E-state index < -0.39 is 0 Å². The molecule has 0 N–H and O–H groups in total. The Bertz CT molecular complexity index is 893. The van der Waals surface area contributed by atoms with E-state index in [-0.39, 0.29) is 12.0 Å². The van der Waals surface area contributed by atoms with E-state index in [0.29, 0.717) is 13.0 Å². The second kappa shape index (κ2) is 10.8. The van der Waals surface area contributed by atoms with Crippen molar-refractivity contribution >= 4 is 11.6 Å². The molecule has 4 rings (SSSR count). The largest absolute Gasteiger partial charge is 0.489 e. The number of carbonyl (C=O) groups is 1. The Balaban J connectivity index is 1.33. The van der Waals surface area contributed by atoms with Gasteiger partial charge in [0.1, 0.15) is 5.75 Å². The maximum absolute atomic E-state index is 12.3. The summed E-state index contributed by atoms with van der Waals surface area (Å²) in [6, 6.07) is 14.6. The second-order valence-electron chi connectivity index (χ2n) is 9.14. The summed E-state index contributed by atoms with van der Waals surface area (Å²) < 4.78 is 6.02. The molecule has 172 valence electrons. The number of anilines is 1. The van der Waals surface area contributed by atoms with Crippen molar-refractivity contribution < 1.29 is 9.53 Å². The smallest absolute Gasteiger partial charge is 0.222 e. The van der Waals surface area contributed by atoms with Gasteiger partial charge in [-0.25, -0.2) is 0 Å². The van der Waals surface area contributed by atoms with Crippen molar-refractivity contribution in [1.82, 2.24) is 14.8 Å². The first-order valence-electron chi connectivity index (χ1n) is 12.0. The van der Waals surface area contributed by atoms with E-state index in [1.807, 2.05) is 17.0 Å². The zero-order chi connectivity index (χ0) is 22.3. The van der Waals surface area contributed by atoms with Crippen molar-refractivity contribution in [3.63, 3.8) is 0 Å². The minimum absolute atomic E-state index is 0.167. The van der Waals surface area contributed by atoms with Crippen molar-refractivity contribution in [3.8, 4) is 5.75 Å². The second-order valence-corrected chi connectivity index (χ2v) is 9.14. The van der Waals surface area contributed by atoms with Crippen LogP contribution in [0.1, 0.15) is 50.9 Å². The van der Waals surface area contributed by atoms with Gasteiger partial charge in [-0.15, -0.1) is 0 Å². The highest BCUT2D eigenvalue weighted by molar-refractivity contribution is 5.76. The number of carbonyl (C=O) groups excluding carboxylic acids is 1. The number of hydrogen-bond donors (Lipinski definition) is 0. The van der Waals surface area contributed by atoms with E-state index in [1.54, 1.807) is 0 Å². The quantitative estimate of drug-likeness (QED) is 0.654. The van der Waals surface area contributed by atoms with E-state index in [9.17, 15) is 4.79 Å². The van der Waals surface area contributed by atoms with Crippen LogP contribution in [-0.4, -0.2) is 59.5 Å². The first-order chi connectivity index (χ1) is 15.6. The summed E-state index contributed by atoms with van der Waals surface area (Å²) in [5.41, 5.74) is 3.26. The van der Waals surface area contributed by atoms with Gasteiger partial charge in [0.15, 0.2) is 0 Å². The van der Waals surface area contributed by atoms with Crippen LogP contribution in [0, 0.1) is 0 Å². The van der Waals surface area contributed by atoms with Gasteiger partial charge in [0.05, 0.1) is 29.7 Å². The molecule has 2 aromatic rings. The molecular weight excluding hydrogens is 400 g/mol. The lowest BCUT2D eigenvalue weighted by Gasteiger charge is -2.36. The molecule has 0 unspecified atom stereocenters. The Morgan fingerprint density at radius 1 is 0.875 bits per heavy atom. The predicted molar refractivity (Wildman–Crippen MR) is 128 cm³/mol. The molecule has 0 aliphatic carbocycles. The van der Waals surface area contributed by atoms with Crippen molar-refractivity contribution in [3.05, 3.63) is 53.9 Å². The Morgan fingerprint density at radius 2 is 1.62 bits per heavy atom. The summed E-state index contributed by atoms with van der Waals surface area (Å²) in [7, 11) is 0. The molecule has 1 amide bonds. The monoisotopic (exact) mass is 436 g/mol. The van der Waals surface area contributed by atoms with Gasteiger partial charge in [-0.2, -0.15) is 0 Å². The Kier molecular flexibility index (Phi) is 7.63. The van der Waals surface area contributed by atoms with Crippen LogP contribution >= 0.6 is 0 Å². The minimum Gasteiger partial charge on any atom is -0.489 e. The van der Waals surface area contributed by atoms with Gasteiger partial charge in [0.25, 0.3) is 0 Å². The number of benzene rings is 1. The van der Waals surface area contributed by atoms with E-state index >= 15 is 0 Å². The summed E-state index contributed by atoms with van der Waals surface area (Å²) in [6.45, 7) is 10.4. The lowest BCUT2D eigenvalue weighted by Crippen LogP contribution is -2.46. The Morgan fingerprint density at radius 3 is 2.41 bits per heavy atom. The number of aromatic nitrogens is 1. The SMILES string of the molecule is CC(C)Oc1ccccc1N1CCN(Cc2cccc(CN3CCCCCC3=O)n2)CC1. The van der Waals surface area contributed by atoms with Gasteiger partial charge in [-0.1, -0.05) is 24.6 Å². The van der Waals surface area contributed by atoms with E-state index in [0.717, 1.165) is 75.7 Å². The topological polar surface area (TPSA) is 48.9 Å². The number of piperazine rings is 1. The van der Waals surface area contributed by atoms with Crippen LogP contribution in [0.2, 0.25) is 0 Å². The third kappa shape index (κ3) is 6.00. The average molecular weight is 437 g/mol. The molecule has 2 fully saturated rings. The third-order valence-corrected chi connectivity index (χ3v) is 6.22. The molecule has 2 aliphatic heterocycles. The van der Waals surface area contributed by atoms with Crippen LogP contribution in [0.4, 0.5) is 5.69 Å². The lowest BCUT2D eigenvalue weighted by molar-refractivity contribution is -0.131. The molecule has 2 aliphatic rings. The number of hydrogen-bond acceptors (Lipinski definition) is 5. The highest BCUT2D eigenvalue weighted by Gasteiger charge is 2.21. The highest BCUT2D eigenvalue weighted by atomic mass is 16.5. The van der Waals surface area contributed by atoms with Gasteiger partial charge < -0.3 is 14.5 Å². The molecule has 0 spiro atoms. The van der Waals surface area contributed by atoms with Crippen LogP contribution in [0.3, 0.4) is 0 Å². The average Bonchev–Trinajstić information content (AvgIpc) is 2.99. The van der Waals surface area contributed by atoms with Crippen LogP contribution in [-0.2, 0) is 17.9 Å². The van der Waals surface area contributed by atoms with Gasteiger partial charge >= 0.3 is 0 Å². The first kappa shape index (κ1) is 22.6. The molecule has 1 aromatic heterocycles. The van der Waals surface area contributed by atoms with Gasteiger partial charge in [-0.05, 0) is 51.0 Å². The number of nitrogens with zero attached hydrogens (tertiary/aromatic N) is 4. The molecule has 0 saturated carbocycles. The fourth-order valence-corrected chi connectivity index (χ4v) is 4.55. The van der Waals surface area contributed by atoms with Gasteiger partial charge in [-0.3, -0.25) is 14.7 Å². The maximum atomic E-state index is 12.3. The van der Waals surface area contributed by atoms with E-state index in [2.05, 4.69) is 54.0 Å². The van der Waals surface area contributed by atoms with E-state index in [4.69, 9.17) is 9.72 Å². The molecule has 1 aromatic carbocycles. The minimum atomic E-state index is 0.167. The highest BCUT2D eigenvalue weighted by Crippen LogP contribution is 2.29. The van der Waals surface area contributed by atoms with Crippen molar-refractivity contribution in [1.29, 1.82) is 0 Å². The van der Waals surface area contributed by atoms with Crippen molar-refractivity contribution in [2.75, 3.05) is 37.6 Å². The summed E-state index contributed by atoms with van der Waals surface area (Å²) >= 11 is 0. The maximum Gasteiger partial charge on any atom is 0.222 e. The third-order valence-electron chi connectivity index (χ3n) is 6.22. The number of amides is 1. The molecular formula is C26H36N4O2. The number of rotatable bonds is 7.